The van der Waals surface area contributed by atoms with Gasteiger partial charge < -0.3 is 10.1 Å². The van der Waals surface area contributed by atoms with Gasteiger partial charge in [0.15, 0.2) is 0 Å². The molecule has 1 heterocycles. The molecule has 1 aromatic rings. The third-order valence-electron chi connectivity index (χ3n) is 3.78. The average Bonchev–Trinajstić information content (AvgIpc) is 2.44. The number of hydrogen-bond acceptors (Lipinski definition) is 3. The van der Waals surface area contributed by atoms with Gasteiger partial charge in [0, 0.05) is 12.8 Å². The molecule has 2 rings (SSSR count). The first-order valence-electron chi connectivity index (χ1n) is 7.11. The van der Waals surface area contributed by atoms with Gasteiger partial charge in [-0.2, -0.15) is 0 Å². The number of rotatable bonds is 4. The number of nitrogens with zero attached hydrogens (tertiary/aromatic N) is 1. The molecule has 0 aromatic heterocycles. The molecule has 0 bridgehead atoms. The highest BCUT2D eigenvalue weighted by molar-refractivity contribution is 6.10. The van der Waals surface area contributed by atoms with Crippen LogP contribution in [0.5, 0.6) is 0 Å². The van der Waals surface area contributed by atoms with Crippen LogP contribution in [0.25, 0.3) is 0 Å². The van der Waals surface area contributed by atoms with Crippen LogP contribution in [-0.2, 0) is 20.7 Å². The number of nitrogens with one attached hydrogen (secondary N) is 1. The Bertz CT molecular complexity index is 554. The molecular weight excluding hydrogens is 268 g/mol. The summed E-state index contributed by atoms with van der Waals surface area (Å²) >= 11 is 0. The van der Waals surface area contributed by atoms with Crippen molar-refractivity contribution in [3.05, 3.63) is 29.8 Å². The zero-order chi connectivity index (χ0) is 15.6. The Morgan fingerprint density at radius 3 is 2.62 bits per heavy atom. The van der Waals surface area contributed by atoms with Crippen LogP contribution in [-0.4, -0.2) is 37.1 Å². The summed E-state index contributed by atoms with van der Waals surface area (Å²) in [6, 6.07) is 7.14. The van der Waals surface area contributed by atoms with Crippen molar-refractivity contribution < 1.29 is 14.3 Å². The van der Waals surface area contributed by atoms with Crippen molar-refractivity contribution in [2.24, 2.45) is 0 Å². The van der Waals surface area contributed by atoms with Gasteiger partial charge in [-0.3, -0.25) is 14.5 Å². The van der Waals surface area contributed by atoms with Gasteiger partial charge >= 0.3 is 0 Å². The molecule has 1 unspecified atom stereocenters. The van der Waals surface area contributed by atoms with Crippen LogP contribution >= 0.6 is 0 Å². The lowest BCUT2D eigenvalue weighted by Gasteiger charge is -2.42. The second-order valence-electron chi connectivity index (χ2n) is 5.84. The largest absolute Gasteiger partial charge is 0.384 e. The first kappa shape index (κ1) is 15.5. The maximum atomic E-state index is 12.7. The van der Waals surface area contributed by atoms with Crippen molar-refractivity contribution in [2.45, 2.75) is 38.8 Å². The molecular formula is C16H22N2O3. The van der Waals surface area contributed by atoms with Crippen LogP contribution in [0, 0.1) is 0 Å². The van der Waals surface area contributed by atoms with E-state index in [4.69, 9.17) is 4.74 Å². The van der Waals surface area contributed by atoms with Gasteiger partial charge in [-0.1, -0.05) is 18.2 Å². The lowest BCUT2D eigenvalue weighted by atomic mass is 9.95. The third-order valence-corrected chi connectivity index (χ3v) is 3.78. The number of amides is 2. The van der Waals surface area contributed by atoms with Crippen molar-refractivity contribution >= 4 is 17.5 Å². The summed E-state index contributed by atoms with van der Waals surface area (Å²) < 4.78 is 5.12. The Balaban J connectivity index is 2.43. The Morgan fingerprint density at radius 1 is 1.29 bits per heavy atom. The van der Waals surface area contributed by atoms with E-state index in [0.717, 1.165) is 11.3 Å². The van der Waals surface area contributed by atoms with Crippen LogP contribution in [0.3, 0.4) is 0 Å². The molecule has 0 spiro atoms. The molecule has 1 aromatic carbocycles. The summed E-state index contributed by atoms with van der Waals surface area (Å²) in [5.74, 6) is -0.236. The van der Waals surface area contributed by atoms with Crippen molar-refractivity contribution in [1.29, 1.82) is 0 Å². The normalized spacial score (nSPS) is 21.3. The Labute approximate surface area is 125 Å². The lowest BCUT2D eigenvalue weighted by molar-refractivity contribution is -0.136. The fourth-order valence-corrected chi connectivity index (χ4v) is 2.55. The quantitative estimate of drug-likeness (QED) is 0.914. The van der Waals surface area contributed by atoms with Gasteiger partial charge in [-0.15, -0.1) is 0 Å². The molecule has 21 heavy (non-hydrogen) atoms. The summed E-state index contributed by atoms with van der Waals surface area (Å²) in [6.07, 6.45) is 0.700. The SMILES string of the molecule is COCCc1ccccc1N1C(=O)C(C)(C)NC(=O)C1C. The molecule has 1 fully saturated rings. The minimum Gasteiger partial charge on any atom is -0.384 e. The van der Waals surface area contributed by atoms with E-state index in [9.17, 15) is 9.59 Å². The fraction of sp³-hybridized carbons (Fsp3) is 0.500. The predicted octanol–water partition coefficient (Wildman–Crippen LogP) is 1.51. The lowest BCUT2D eigenvalue weighted by Crippen LogP contribution is -2.67. The van der Waals surface area contributed by atoms with Crippen LogP contribution < -0.4 is 10.2 Å². The van der Waals surface area contributed by atoms with E-state index in [1.54, 1.807) is 32.8 Å². The van der Waals surface area contributed by atoms with Crippen molar-refractivity contribution in [2.75, 3.05) is 18.6 Å². The minimum atomic E-state index is -0.891. The highest BCUT2D eigenvalue weighted by Crippen LogP contribution is 2.28. The maximum absolute atomic E-state index is 12.7. The molecule has 0 radical (unpaired) electrons. The molecule has 1 atom stereocenters. The Kier molecular flexibility index (Phi) is 4.32. The zero-order valence-corrected chi connectivity index (χ0v) is 13.0. The second-order valence-corrected chi connectivity index (χ2v) is 5.84. The maximum Gasteiger partial charge on any atom is 0.252 e. The Hall–Kier alpha value is -1.88. The zero-order valence-electron chi connectivity index (χ0n) is 13.0. The minimum absolute atomic E-state index is 0.0977. The molecule has 1 aliphatic heterocycles. The summed E-state index contributed by atoms with van der Waals surface area (Å²) in [5.41, 5.74) is 0.901. The van der Waals surface area contributed by atoms with E-state index in [1.807, 2.05) is 24.3 Å². The number of piperazine rings is 1. The second kappa shape index (κ2) is 5.85. The van der Waals surface area contributed by atoms with Crippen LogP contribution in [0.2, 0.25) is 0 Å². The van der Waals surface area contributed by atoms with E-state index in [1.165, 1.54) is 0 Å². The van der Waals surface area contributed by atoms with Gasteiger partial charge in [-0.25, -0.2) is 0 Å². The van der Waals surface area contributed by atoms with Crippen LogP contribution in [0.15, 0.2) is 24.3 Å². The first-order chi connectivity index (χ1) is 9.88. The number of benzene rings is 1. The topological polar surface area (TPSA) is 58.6 Å². The first-order valence-corrected chi connectivity index (χ1v) is 7.11. The van der Waals surface area contributed by atoms with E-state index in [2.05, 4.69) is 5.32 Å². The molecule has 114 valence electrons. The fourth-order valence-electron chi connectivity index (χ4n) is 2.55. The number of para-hydroxylation sites is 1. The molecule has 5 heteroatoms. The standard InChI is InChI=1S/C16H22N2O3/c1-11-14(19)17-16(2,3)15(20)18(11)13-8-6-5-7-12(13)9-10-21-4/h5-8,11H,9-10H2,1-4H3,(H,17,19). The Morgan fingerprint density at radius 2 is 1.95 bits per heavy atom. The molecule has 0 aliphatic carbocycles. The van der Waals surface area contributed by atoms with E-state index < -0.39 is 11.6 Å². The van der Waals surface area contributed by atoms with Crippen molar-refractivity contribution in [3.8, 4) is 0 Å². The molecule has 1 saturated heterocycles. The van der Waals surface area contributed by atoms with Crippen LogP contribution in [0.4, 0.5) is 5.69 Å². The van der Waals surface area contributed by atoms with Gasteiger partial charge in [0.1, 0.15) is 11.6 Å². The van der Waals surface area contributed by atoms with Gasteiger partial charge in [0.05, 0.1) is 6.61 Å². The third kappa shape index (κ3) is 2.93. The average molecular weight is 290 g/mol. The summed E-state index contributed by atoms with van der Waals surface area (Å²) in [4.78, 5) is 26.4. The number of hydrogen-bond donors (Lipinski definition) is 1. The molecule has 5 nitrogen and oxygen atoms in total. The molecule has 2 amide bonds. The van der Waals surface area contributed by atoms with Crippen molar-refractivity contribution in [3.63, 3.8) is 0 Å². The summed E-state index contributed by atoms with van der Waals surface area (Å²) in [7, 11) is 1.65. The highest BCUT2D eigenvalue weighted by Gasteiger charge is 2.44. The predicted molar refractivity (Wildman–Crippen MR) is 81.2 cm³/mol. The molecule has 1 N–H and O–H groups in total. The van der Waals surface area contributed by atoms with Gasteiger partial charge in [0.2, 0.25) is 5.91 Å². The molecule has 0 saturated carbocycles. The van der Waals surface area contributed by atoms with E-state index >= 15 is 0 Å². The summed E-state index contributed by atoms with van der Waals surface area (Å²) in [5, 5.41) is 2.76. The number of carbonyl (C=O) groups excluding carboxylic acids is 2. The highest BCUT2D eigenvalue weighted by atomic mass is 16.5. The summed E-state index contributed by atoms with van der Waals surface area (Å²) in [6.45, 7) is 5.77. The smallest absolute Gasteiger partial charge is 0.252 e. The number of anilines is 1. The van der Waals surface area contributed by atoms with Gasteiger partial charge in [0.25, 0.3) is 5.91 Å². The number of ether oxygens (including phenoxy) is 1. The monoisotopic (exact) mass is 290 g/mol. The molecule has 1 aliphatic rings. The van der Waals surface area contributed by atoms with Crippen LogP contribution in [0.1, 0.15) is 26.3 Å². The van der Waals surface area contributed by atoms with Crippen molar-refractivity contribution in [1.82, 2.24) is 5.32 Å². The van der Waals surface area contributed by atoms with E-state index in [0.29, 0.717) is 13.0 Å². The number of carbonyl (C=O) groups is 2. The van der Waals surface area contributed by atoms with Gasteiger partial charge in [-0.05, 0) is 38.8 Å². The number of methoxy groups -OCH3 is 1. The van der Waals surface area contributed by atoms with E-state index in [-0.39, 0.29) is 11.8 Å².